The molecule has 37 heavy (non-hydrogen) atoms. The van der Waals surface area contributed by atoms with Crippen molar-refractivity contribution in [1.29, 1.82) is 0 Å². The molecule has 6 rings (SSSR count). The fraction of sp³-hybridized carbons (Fsp3) is 0.968. The Morgan fingerprint density at radius 3 is 2.43 bits per heavy atom. The average molecular weight is 518 g/mol. The Bertz CT molecular complexity index is 854. The van der Waals surface area contributed by atoms with E-state index in [1.807, 2.05) is 0 Å². The molecule has 0 radical (unpaired) electrons. The largest absolute Gasteiger partial charge is 0.456 e. The molecule has 2 aliphatic heterocycles. The molecule has 210 valence electrons. The smallest absolute Gasteiger partial charge is 0.303 e. The Kier molecular flexibility index (Phi) is 6.99. The molecule has 6 heteroatoms. The summed E-state index contributed by atoms with van der Waals surface area (Å²) in [7, 11) is 2.46. The fourth-order valence-corrected chi connectivity index (χ4v) is 11.1. The van der Waals surface area contributed by atoms with Crippen molar-refractivity contribution in [1.82, 2.24) is 4.90 Å². The normalized spacial score (nSPS) is 50.0. The van der Waals surface area contributed by atoms with E-state index in [1.54, 1.807) is 6.92 Å². The van der Waals surface area contributed by atoms with E-state index in [-0.39, 0.29) is 29.6 Å². The van der Waals surface area contributed by atoms with Crippen molar-refractivity contribution in [3.63, 3.8) is 0 Å². The van der Waals surface area contributed by atoms with Crippen molar-refractivity contribution in [2.45, 2.75) is 109 Å². The molecule has 4 saturated carbocycles. The molecular weight excluding hydrogens is 464 g/mol. The van der Waals surface area contributed by atoms with Crippen LogP contribution in [-0.4, -0.2) is 91.2 Å². The predicted molar refractivity (Wildman–Crippen MR) is 144 cm³/mol. The highest BCUT2D eigenvalue weighted by molar-refractivity contribution is 5.66. The van der Waals surface area contributed by atoms with Gasteiger partial charge in [-0.25, -0.2) is 0 Å². The summed E-state index contributed by atoms with van der Waals surface area (Å²) in [5, 5.41) is 11.3. The molecule has 0 aromatic carbocycles. The van der Waals surface area contributed by atoms with Crippen LogP contribution < -0.4 is 0 Å². The van der Waals surface area contributed by atoms with Crippen molar-refractivity contribution in [2.75, 3.05) is 46.4 Å². The van der Waals surface area contributed by atoms with E-state index < -0.39 is 0 Å². The molecule has 0 amide bonds. The minimum Gasteiger partial charge on any atom is -0.456 e. The van der Waals surface area contributed by atoms with Crippen LogP contribution in [0, 0.1) is 34.5 Å². The first kappa shape index (κ1) is 26.5. The molecule has 0 unspecified atom stereocenters. The van der Waals surface area contributed by atoms with Crippen LogP contribution in [0.4, 0.5) is 0 Å². The van der Waals surface area contributed by atoms with Gasteiger partial charge < -0.3 is 19.1 Å². The zero-order valence-electron chi connectivity index (χ0n) is 24.0. The summed E-state index contributed by atoms with van der Waals surface area (Å²) in [6, 6.07) is 0.720. The molecule has 1 N–H and O–H groups in total. The highest BCUT2D eigenvalue weighted by Gasteiger charge is 2.67. The summed E-state index contributed by atoms with van der Waals surface area (Å²) in [4.78, 5) is 15.0. The lowest BCUT2D eigenvalue weighted by atomic mass is 9.44. The molecule has 0 aromatic rings. The van der Waals surface area contributed by atoms with Gasteiger partial charge in [0.05, 0.1) is 39.5 Å². The zero-order valence-corrected chi connectivity index (χ0v) is 24.0. The van der Waals surface area contributed by atoms with Gasteiger partial charge in [-0.15, -0.1) is 0 Å². The summed E-state index contributed by atoms with van der Waals surface area (Å²) < 4.78 is 13.1. The maximum absolute atomic E-state index is 12.4. The number of quaternary nitrogens is 1. The van der Waals surface area contributed by atoms with Crippen LogP contribution in [0.3, 0.4) is 0 Å². The maximum Gasteiger partial charge on any atom is 0.303 e. The van der Waals surface area contributed by atoms with Crippen LogP contribution in [0.2, 0.25) is 0 Å². The van der Waals surface area contributed by atoms with Gasteiger partial charge >= 0.3 is 5.97 Å². The molecule has 0 aromatic heterocycles. The molecule has 6 aliphatic rings. The number of morpholine rings is 1. The number of likely N-dealkylation sites (tertiary alicyclic amines) is 1. The molecule has 2 heterocycles. The number of carbonyl (C=O) groups is 1. The van der Waals surface area contributed by atoms with Gasteiger partial charge in [0, 0.05) is 37.9 Å². The van der Waals surface area contributed by atoms with Gasteiger partial charge in [0.15, 0.2) is 6.10 Å². The van der Waals surface area contributed by atoms with Crippen LogP contribution in [0.15, 0.2) is 0 Å². The third kappa shape index (κ3) is 4.31. The van der Waals surface area contributed by atoms with Crippen LogP contribution in [0.1, 0.15) is 85.0 Å². The topological polar surface area (TPSA) is 59.0 Å². The number of aliphatic hydroxyl groups excluding tert-OH is 1. The van der Waals surface area contributed by atoms with E-state index in [1.165, 1.54) is 64.5 Å². The number of aliphatic hydroxyl groups is 1. The standard InChI is InChI=1S/C31H53N2O4/c1-21(34)37-29-27(33(4)14-6-5-7-15-33)19-25-23-9-8-22-18-28(35)26(32-12-16-36-17-13-32)20-31(22,3)24(23)10-11-30(25,29)2/h22-29,35H,5-20H2,1-4H3/q+1/t22-,23+,24-,25-,26-,27-,28-,29+,30-,31-/m0/s1. The molecular formula is C31H53N2O4+. The second-order valence-electron chi connectivity index (χ2n) is 14.7. The van der Waals surface area contributed by atoms with Crippen molar-refractivity contribution in [2.24, 2.45) is 34.5 Å². The Balaban J connectivity index is 1.28. The number of rotatable bonds is 3. The van der Waals surface area contributed by atoms with E-state index in [2.05, 4.69) is 25.8 Å². The predicted octanol–water partition coefficient (Wildman–Crippen LogP) is 4.24. The fourth-order valence-electron chi connectivity index (χ4n) is 11.1. The Hall–Kier alpha value is -0.690. The van der Waals surface area contributed by atoms with Crippen LogP contribution in [0.25, 0.3) is 0 Å². The van der Waals surface area contributed by atoms with Crippen LogP contribution >= 0.6 is 0 Å². The Morgan fingerprint density at radius 1 is 1.00 bits per heavy atom. The summed E-state index contributed by atoms with van der Waals surface area (Å²) in [6.07, 6.45) is 12.1. The number of carbonyl (C=O) groups excluding carboxylic acids is 1. The summed E-state index contributed by atoms with van der Waals surface area (Å²) >= 11 is 0. The minimum absolute atomic E-state index is 0.0545. The molecule has 0 spiro atoms. The SMILES string of the molecule is CC(=O)O[C@@H]1[C@@H]([N+]2(C)CCCCC2)C[C@H]2[C@@H]3CC[C@H]4C[C@H](O)[C@@H](N5CCOCC5)C[C@]4(C)[C@H]3CC[C@]12C. The molecule has 0 bridgehead atoms. The Labute approximate surface area is 225 Å². The van der Waals surface area contributed by atoms with Crippen molar-refractivity contribution >= 4 is 5.97 Å². The van der Waals surface area contributed by atoms with Gasteiger partial charge in [-0.3, -0.25) is 9.69 Å². The van der Waals surface area contributed by atoms with Crippen molar-refractivity contribution in [3.8, 4) is 0 Å². The minimum atomic E-state index is -0.200. The summed E-state index contributed by atoms with van der Waals surface area (Å²) in [5.74, 6) is 2.64. The third-order valence-electron chi connectivity index (χ3n) is 13.1. The number of nitrogens with zero attached hydrogens (tertiary/aromatic N) is 2. The first-order valence-electron chi connectivity index (χ1n) is 15.7. The highest BCUT2D eigenvalue weighted by Crippen LogP contribution is 2.67. The van der Waals surface area contributed by atoms with Gasteiger partial charge in [0.1, 0.15) is 6.04 Å². The molecule has 6 nitrogen and oxygen atoms in total. The lowest BCUT2D eigenvalue weighted by Gasteiger charge is -2.62. The number of ether oxygens (including phenoxy) is 2. The number of piperidine rings is 1. The van der Waals surface area contributed by atoms with E-state index in [0.29, 0.717) is 23.3 Å². The van der Waals surface area contributed by atoms with Gasteiger partial charge in [0.2, 0.25) is 0 Å². The Morgan fingerprint density at radius 2 is 1.73 bits per heavy atom. The van der Waals surface area contributed by atoms with Gasteiger partial charge in [0.25, 0.3) is 0 Å². The molecule has 4 aliphatic carbocycles. The quantitative estimate of drug-likeness (QED) is 0.448. The number of esters is 1. The molecule has 10 atom stereocenters. The lowest BCUT2D eigenvalue weighted by molar-refractivity contribution is -0.940. The van der Waals surface area contributed by atoms with Crippen molar-refractivity contribution < 1.29 is 23.9 Å². The number of hydrogen-bond acceptors (Lipinski definition) is 5. The lowest BCUT2D eigenvalue weighted by Crippen LogP contribution is -2.61. The van der Waals surface area contributed by atoms with E-state index in [4.69, 9.17) is 9.47 Å². The third-order valence-corrected chi connectivity index (χ3v) is 13.1. The monoisotopic (exact) mass is 517 g/mol. The van der Waals surface area contributed by atoms with Crippen LogP contribution in [-0.2, 0) is 14.3 Å². The van der Waals surface area contributed by atoms with E-state index in [9.17, 15) is 9.90 Å². The first-order chi connectivity index (χ1) is 17.7. The molecule has 2 saturated heterocycles. The average Bonchev–Trinajstić information content (AvgIpc) is 3.17. The highest BCUT2D eigenvalue weighted by atomic mass is 16.5. The number of hydrogen-bond donors (Lipinski definition) is 1. The maximum atomic E-state index is 12.4. The second kappa shape index (κ2) is 9.74. The number of likely N-dealkylation sites (N-methyl/N-ethyl adjacent to an activating group) is 1. The van der Waals surface area contributed by atoms with Gasteiger partial charge in [-0.2, -0.15) is 0 Å². The molecule has 6 fully saturated rings. The summed E-state index contributed by atoms with van der Waals surface area (Å²) in [6.45, 7) is 12.7. The number of fused-ring (bicyclic) bond motifs is 5. The summed E-state index contributed by atoms with van der Waals surface area (Å²) in [5.41, 5.74) is 0.391. The van der Waals surface area contributed by atoms with E-state index >= 15 is 0 Å². The first-order valence-corrected chi connectivity index (χ1v) is 15.7. The zero-order chi connectivity index (χ0) is 26.0. The van der Waals surface area contributed by atoms with Crippen molar-refractivity contribution in [3.05, 3.63) is 0 Å². The van der Waals surface area contributed by atoms with E-state index in [0.717, 1.165) is 55.5 Å². The second-order valence-corrected chi connectivity index (χ2v) is 14.7. The van der Waals surface area contributed by atoms with Gasteiger partial charge in [-0.1, -0.05) is 13.8 Å². The van der Waals surface area contributed by atoms with Gasteiger partial charge in [-0.05, 0) is 86.9 Å². The van der Waals surface area contributed by atoms with Crippen LogP contribution in [0.5, 0.6) is 0 Å².